The minimum absolute atomic E-state index is 0.257. The van der Waals surface area contributed by atoms with E-state index in [1.807, 2.05) is 0 Å². The third kappa shape index (κ3) is 2.86. The van der Waals surface area contributed by atoms with Crippen molar-refractivity contribution in [3.8, 4) is 5.69 Å². The Bertz CT molecular complexity index is 732. The summed E-state index contributed by atoms with van der Waals surface area (Å²) in [4.78, 5) is 24.2. The van der Waals surface area contributed by atoms with E-state index < -0.39 is 5.97 Å². The molecule has 0 saturated heterocycles. The fourth-order valence-electron chi connectivity index (χ4n) is 2.31. The first-order chi connectivity index (χ1) is 9.95. The standard InChI is InChI=1S/C16H16FNO3/c1-4-21-16(20)15-10(2)9-14(19)18(11(15)3)13-7-5-12(17)6-8-13/h5-9H,4H2,1-3H3. The van der Waals surface area contributed by atoms with Gasteiger partial charge >= 0.3 is 5.97 Å². The summed E-state index contributed by atoms with van der Waals surface area (Å²) in [5, 5.41) is 0. The molecule has 0 amide bonds. The highest BCUT2D eigenvalue weighted by Crippen LogP contribution is 2.17. The molecule has 4 nitrogen and oxygen atoms in total. The smallest absolute Gasteiger partial charge is 0.340 e. The van der Waals surface area contributed by atoms with E-state index in [-0.39, 0.29) is 18.0 Å². The highest BCUT2D eigenvalue weighted by Gasteiger charge is 2.18. The molecule has 1 aromatic heterocycles. The van der Waals surface area contributed by atoms with E-state index in [2.05, 4.69) is 0 Å². The minimum atomic E-state index is -0.469. The Kier molecular flexibility index (Phi) is 4.21. The number of esters is 1. The van der Waals surface area contributed by atoms with Gasteiger partial charge in [-0.3, -0.25) is 9.36 Å². The van der Waals surface area contributed by atoms with Crippen LogP contribution in [0.4, 0.5) is 4.39 Å². The zero-order valence-electron chi connectivity index (χ0n) is 12.1. The van der Waals surface area contributed by atoms with Gasteiger partial charge in [0.1, 0.15) is 5.82 Å². The number of aryl methyl sites for hydroxylation is 1. The lowest BCUT2D eigenvalue weighted by atomic mass is 10.1. The number of carbonyl (C=O) groups is 1. The number of hydrogen-bond donors (Lipinski definition) is 0. The third-order valence-corrected chi connectivity index (χ3v) is 3.22. The van der Waals surface area contributed by atoms with Gasteiger partial charge in [-0.15, -0.1) is 0 Å². The van der Waals surface area contributed by atoms with E-state index in [0.717, 1.165) is 0 Å². The number of halogens is 1. The number of aromatic nitrogens is 1. The first kappa shape index (κ1) is 15.0. The van der Waals surface area contributed by atoms with Crippen LogP contribution in [0.5, 0.6) is 0 Å². The van der Waals surface area contributed by atoms with Gasteiger partial charge in [0.05, 0.1) is 12.2 Å². The molecule has 0 unspecified atom stereocenters. The first-order valence-electron chi connectivity index (χ1n) is 6.62. The van der Waals surface area contributed by atoms with Crippen LogP contribution in [0, 0.1) is 19.7 Å². The van der Waals surface area contributed by atoms with Crippen LogP contribution < -0.4 is 5.56 Å². The first-order valence-corrected chi connectivity index (χ1v) is 6.62. The number of nitrogens with zero attached hydrogens (tertiary/aromatic N) is 1. The van der Waals surface area contributed by atoms with Gasteiger partial charge in [0.15, 0.2) is 0 Å². The van der Waals surface area contributed by atoms with Crippen molar-refractivity contribution in [3.05, 3.63) is 63.3 Å². The maximum Gasteiger partial charge on any atom is 0.340 e. The maximum atomic E-state index is 13.0. The fraction of sp³-hybridized carbons (Fsp3) is 0.250. The van der Waals surface area contributed by atoms with E-state index in [4.69, 9.17) is 4.74 Å². The van der Waals surface area contributed by atoms with Gasteiger partial charge in [0.2, 0.25) is 0 Å². The fourth-order valence-corrected chi connectivity index (χ4v) is 2.31. The lowest BCUT2D eigenvalue weighted by Crippen LogP contribution is -2.24. The SMILES string of the molecule is CCOC(=O)c1c(C)cc(=O)n(-c2ccc(F)cc2)c1C. The number of benzene rings is 1. The second-order valence-corrected chi connectivity index (χ2v) is 4.66. The van der Waals surface area contributed by atoms with E-state index in [1.165, 1.54) is 34.9 Å². The Hall–Kier alpha value is -2.43. The molecule has 0 aliphatic rings. The van der Waals surface area contributed by atoms with Crippen LogP contribution in [0.25, 0.3) is 5.69 Å². The molecule has 1 aromatic carbocycles. The predicted octanol–water partition coefficient (Wildman–Crippen LogP) is 2.77. The molecule has 0 fully saturated rings. The van der Waals surface area contributed by atoms with Crippen molar-refractivity contribution in [1.29, 1.82) is 0 Å². The van der Waals surface area contributed by atoms with E-state index in [1.54, 1.807) is 20.8 Å². The molecule has 0 aliphatic heterocycles. The molecule has 0 spiro atoms. The molecule has 21 heavy (non-hydrogen) atoms. The largest absolute Gasteiger partial charge is 0.462 e. The zero-order chi connectivity index (χ0) is 15.6. The van der Waals surface area contributed by atoms with Gasteiger partial charge in [-0.05, 0) is 50.6 Å². The van der Waals surface area contributed by atoms with Crippen LogP contribution in [0.15, 0.2) is 35.1 Å². The zero-order valence-corrected chi connectivity index (χ0v) is 12.1. The van der Waals surface area contributed by atoms with E-state index in [0.29, 0.717) is 22.5 Å². The van der Waals surface area contributed by atoms with Gasteiger partial charge in [0.25, 0.3) is 5.56 Å². The molecule has 0 radical (unpaired) electrons. The average molecular weight is 289 g/mol. The molecule has 2 aromatic rings. The van der Waals surface area contributed by atoms with Gasteiger partial charge < -0.3 is 4.74 Å². The number of pyridine rings is 1. The molecule has 110 valence electrons. The van der Waals surface area contributed by atoms with Crippen LogP contribution in [0.3, 0.4) is 0 Å². The normalized spacial score (nSPS) is 10.5. The molecule has 5 heteroatoms. The average Bonchev–Trinajstić information content (AvgIpc) is 2.40. The Morgan fingerprint density at radius 3 is 2.43 bits per heavy atom. The van der Waals surface area contributed by atoms with Crippen molar-refractivity contribution in [2.45, 2.75) is 20.8 Å². The van der Waals surface area contributed by atoms with Crippen molar-refractivity contribution in [2.24, 2.45) is 0 Å². The number of ether oxygens (including phenoxy) is 1. The van der Waals surface area contributed by atoms with Crippen LogP contribution in [0.2, 0.25) is 0 Å². The lowest BCUT2D eigenvalue weighted by molar-refractivity contribution is 0.0523. The highest BCUT2D eigenvalue weighted by molar-refractivity contribution is 5.92. The second kappa shape index (κ2) is 5.91. The third-order valence-electron chi connectivity index (χ3n) is 3.22. The molecule has 0 N–H and O–H groups in total. The van der Waals surface area contributed by atoms with Crippen LogP contribution >= 0.6 is 0 Å². The minimum Gasteiger partial charge on any atom is -0.462 e. The second-order valence-electron chi connectivity index (χ2n) is 4.66. The summed E-state index contributed by atoms with van der Waals surface area (Å²) in [6, 6.07) is 6.90. The number of hydrogen-bond acceptors (Lipinski definition) is 3. The molecular formula is C16H16FNO3. The summed E-state index contributed by atoms with van der Waals surface area (Å²) in [7, 11) is 0. The van der Waals surface area contributed by atoms with Gasteiger partial charge in [-0.1, -0.05) is 0 Å². The van der Waals surface area contributed by atoms with Crippen molar-refractivity contribution in [3.63, 3.8) is 0 Å². The number of rotatable bonds is 3. The summed E-state index contributed by atoms with van der Waals surface area (Å²) in [6.45, 7) is 5.34. The molecular weight excluding hydrogens is 273 g/mol. The van der Waals surface area contributed by atoms with E-state index in [9.17, 15) is 14.0 Å². The Labute approximate surface area is 121 Å². The van der Waals surface area contributed by atoms with Crippen molar-refractivity contribution in [1.82, 2.24) is 4.57 Å². The van der Waals surface area contributed by atoms with Crippen molar-refractivity contribution in [2.75, 3.05) is 6.61 Å². The van der Waals surface area contributed by atoms with Crippen LogP contribution in [-0.4, -0.2) is 17.1 Å². The van der Waals surface area contributed by atoms with Gasteiger partial charge in [0, 0.05) is 17.4 Å². The Balaban J connectivity index is 2.67. The molecule has 0 saturated carbocycles. The molecule has 0 bridgehead atoms. The van der Waals surface area contributed by atoms with Gasteiger partial charge in [-0.25, -0.2) is 9.18 Å². The summed E-state index contributed by atoms with van der Waals surface area (Å²) in [6.07, 6.45) is 0. The van der Waals surface area contributed by atoms with Gasteiger partial charge in [-0.2, -0.15) is 0 Å². The highest BCUT2D eigenvalue weighted by atomic mass is 19.1. The summed E-state index contributed by atoms with van der Waals surface area (Å²) in [5.41, 5.74) is 1.63. The monoisotopic (exact) mass is 289 g/mol. The Morgan fingerprint density at radius 2 is 1.86 bits per heavy atom. The summed E-state index contributed by atoms with van der Waals surface area (Å²) >= 11 is 0. The maximum absolute atomic E-state index is 13.0. The quantitative estimate of drug-likeness (QED) is 0.816. The summed E-state index contributed by atoms with van der Waals surface area (Å²) < 4.78 is 19.4. The molecule has 0 aliphatic carbocycles. The van der Waals surface area contributed by atoms with Crippen molar-refractivity contribution < 1.29 is 13.9 Å². The van der Waals surface area contributed by atoms with Crippen LogP contribution in [-0.2, 0) is 4.74 Å². The van der Waals surface area contributed by atoms with Crippen LogP contribution in [0.1, 0.15) is 28.5 Å². The van der Waals surface area contributed by atoms with Crippen molar-refractivity contribution >= 4 is 5.97 Å². The van der Waals surface area contributed by atoms with E-state index >= 15 is 0 Å². The molecule has 0 atom stereocenters. The Morgan fingerprint density at radius 1 is 1.24 bits per heavy atom. The molecule has 2 rings (SSSR count). The topological polar surface area (TPSA) is 48.3 Å². The number of carbonyl (C=O) groups excluding carboxylic acids is 1. The predicted molar refractivity (Wildman–Crippen MR) is 77.4 cm³/mol. The summed E-state index contributed by atoms with van der Waals surface area (Å²) in [5.74, 6) is -0.856. The lowest BCUT2D eigenvalue weighted by Gasteiger charge is -2.15. The molecule has 1 heterocycles.